The van der Waals surface area contributed by atoms with Crippen molar-refractivity contribution in [3.8, 4) is 17.6 Å². The van der Waals surface area contributed by atoms with E-state index in [9.17, 15) is 13.2 Å². The predicted octanol–water partition coefficient (Wildman–Crippen LogP) is 8.80. The molecule has 0 heterocycles. The number of fused-ring (bicyclic) bond motifs is 3. The van der Waals surface area contributed by atoms with Crippen LogP contribution < -0.4 is 4.74 Å². The van der Waals surface area contributed by atoms with Crippen LogP contribution in [0.2, 0.25) is 0 Å². The minimum atomic E-state index is -4.69. The molecule has 4 heteroatoms. The van der Waals surface area contributed by atoms with E-state index in [4.69, 9.17) is 0 Å². The van der Waals surface area contributed by atoms with Gasteiger partial charge < -0.3 is 4.74 Å². The lowest BCUT2D eigenvalue weighted by Gasteiger charge is -2.31. The smallest absolute Gasteiger partial charge is 0.406 e. The molecule has 0 aliphatic heterocycles. The molecule has 1 aliphatic carbocycles. The van der Waals surface area contributed by atoms with Crippen molar-refractivity contribution in [1.29, 1.82) is 0 Å². The van der Waals surface area contributed by atoms with Crippen molar-refractivity contribution in [2.24, 2.45) is 5.92 Å². The molecule has 0 N–H and O–H groups in total. The molecule has 0 spiro atoms. The largest absolute Gasteiger partial charge is 0.573 e. The quantitative estimate of drug-likeness (QED) is 0.251. The summed E-state index contributed by atoms with van der Waals surface area (Å²) in [5, 5.41) is 2.56. The third-order valence-corrected chi connectivity index (χ3v) is 6.79. The van der Waals surface area contributed by atoms with Gasteiger partial charge in [0.15, 0.2) is 0 Å². The lowest BCUT2D eigenvalue weighted by Crippen LogP contribution is -2.20. The van der Waals surface area contributed by atoms with E-state index in [-0.39, 0.29) is 11.7 Å². The molecule has 0 amide bonds. The van der Waals surface area contributed by atoms with Crippen LogP contribution in [0, 0.1) is 17.8 Å². The SMILES string of the molecule is CCCCCCC[C@@H]1CCc2c(ccc3ccccc23)[C@H]1C#Cc1ccc(OC(F)(F)F)cc1. The highest BCUT2D eigenvalue weighted by atomic mass is 19.4. The third kappa shape index (κ3) is 6.14. The second-order valence-corrected chi connectivity index (χ2v) is 9.18. The van der Waals surface area contributed by atoms with Gasteiger partial charge in [0.2, 0.25) is 0 Å². The highest BCUT2D eigenvalue weighted by Gasteiger charge is 2.31. The van der Waals surface area contributed by atoms with E-state index >= 15 is 0 Å². The summed E-state index contributed by atoms with van der Waals surface area (Å²) in [7, 11) is 0. The van der Waals surface area contributed by atoms with Crippen molar-refractivity contribution < 1.29 is 17.9 Å². The Balaban J connectivity index is 1.59. The second kappa shape index (κ2) is 11.0. The molecule has 1 aliphatic rings. The summed E-state index contributed by atoms with van der Waals surface area (Å²) in [4.78, 5) is 0. The van der Waals surface area contributed by atoms with E-state index in [1.165, 1.54) is 66.1 Å². The molecule has 4 rings (SSSR count). The van der Waals surface area contributed by atoms with Crippen LogP contribution in [-0.4, -0.2) is 6.36 Å². The highest BCUT2D eigenvalue weighted by Crippen LogP contribution is 2.41. The maximum atomic E-state index is 12.4. The van der Waals surface area contributed by atoms with Gasteiger partial charge in [0.05, 0.1) is 0 Å². The summed E-state index contributed by atoms with van der Waals surface area (Å²) < 4.78 is 41.3. The Kier molecular flexibility index (Phi) is 7.83. The number of benzene rings is 3. The van der Waals surface area contributed by atoms with Crippen molar-refractivity contribution in [3.63, 3.8) is 0 Å². The molecule has 0 bridgehead atoms. The zero-order valence-corrected chi connectivity index (χ0v) is 19.6. The molecular formula is C30H31F3O. The first-order valence-electron chi connectivity index (χ1n) is 12.3. The van der Waals surface area contributed by atoms with Crippen molar-refractivity contribution in [3.05, 3.63) is 77.4 Å². The topological polar surface area (TPSA) is 9.23 Å². The lowest BCUT2D eigenvalue weighted by molar-refractivity contribution is -0.274. The van der Waals surface area contributed by atoms with E-state index < -0.39 is 6.36 Å². The Labute approximate surface area is 200 Å². The van der Waals surface area contributed by atoms with E-state index in [2.05, 4.69) is 59.9 Å². The molecule has 0 saturated heterocycles. The van der Waals surface area contributed by atoms with Gasteiger partial charge in [0.25, 0.3) is 0 Å². The molecule has 0 aromatic heterocycles. The van der Waals surface area contributed by atoms with Gasteiger partial charge in [-0.15, -0.1) is 13.2 Å². The van der Waals surface area contributed by atoms with Crippen molar-refractivity contribution in [2.75, 3.05) is 0 Å². The molecule has 1 nitrogen and oxygen atoms in total. The van der Waals surface area contributed by atoms with Crippen LogP contribution in [0.15, 0.2) is 60.7 Å². The zero-order chi connectivity index (χ0) is 24.0. The van der Waals surface area contributed by atoms with Gasteiger partial charge in [-0.3, -0.25) is 0 Å². The highest BCUT2D eigenvalue weighted by molar-refractivity contribution is 5.87. The van der Waals surface area contributed by atoms with Gasteiger partial charge in [-0.2, -0.15) is 0 Å². The predicted molar refractivity (Wildman–Crippen MR) is 132 cm³/mol. The summed E-state index contributed by atoms with van der Waals surface area (Å²) in [6.07, 6.45) is 4.95. The number of hydrogen-bond acceptors (Lipinski definition) is 1. The fraction of sp³-hybridized carbons (Fsp3) is 0.400. The molecule has 178 valence electrons. The zero-order valence-electron chi connectivity index (χ0n) is 19.6. The monoisotopic (exact) mass is 464 g/mol. The first-order chi connectivity index (χ1) is 16.4. The van der Waals surface area contributed by atoms with E-state index in [0.717, 1.165) is 19.3 Å². The summed E-state index contributed by atoms with van der Waals surface area (Å²) in [5.41, 5.74) is 3.41. The number of aryl methyl sites for hydroxylation is 1. The normalized spacial score (nSPS) is 17.6. The summed E-state index contributed by atoms with van der Waals surface area (Å²) in [5.74, 6) is 7.16. The van der Waals surface area contributed by atoms with Crippen molar-refractivity contribution >= 4 is 10.8 Å². The molecule has 0 saturated carbocycles. The molecule has 3 aromatic rings. The van der Waals surface area contributed by atoms with E-state index in [1.54, 1.807) is 12.1 Å². The molecular weight excluding hydrogens is 433 g/mol. The summed E-state index contributed by atoms with van der Waals surface area (Å²) in [6, 6.07) is 18.8. The van der Waals surface area contributed by atoms with E-state index in [1.807, 2.05) is 0 Å². The van der Waals surface area contributed by atoms with Gasteiger partial charge in [-0.25, -0.2) is 0 Å². The van der Waals surface area contributed by atoms with Crippen LogP contribution >= 0.6 is 0 Å². The molecule has 34 heavy (non-hydrogen) atoms. The number of unbranched alkanes of at least 4 members (excludes halogenated alkanes) is 4. The Morgan fingerprint density at radius 3 is 2.44 bits per heavy atom. The van der Waals surface area contributed by atoms with Gasteiger partial charge in [-0.1, -0.05) is 87.3 Å². The maximum absolute atomic E-state index is 12.4. The number of rotatable bonds is 7. The minimum absolute atomic E-state index is 0.130. The molecule has 2 atom stereocenters. The average Bonchev–Trinajstić information content (AvgIpc) is 2.82. The Bertz CT molecular complexity index is 1150. The molecule has 0 fully saturated rings. The Morgan fingerprint density at radius 2 is 1.68 bits per heavy atom. The van der Waals surface area contributed by atoms with Crippen LogP contribution in [0.25, 0.3) is 10.8 Å². The lowest BCUT2D eigenvalue weighted by atomic mass is 9.72. The minimum Gasteiger partial charge on any atom is -0.406 e. The third-order valence-electron chi connectivity index (χ3n) is 6.79. The molecule has 0 radical (unpaired) electrons. The number of ether oxygens (including phenoxy) is 1. The van der Waals surface area contributed by atoms with Crippen LogP contribution in [-0.2, 0) is 6.42 Å². The summed E-state index contributed by atoms with van der Waals surface area (Å²) in [6.45, 7) is 2.23. The van der Waals surface area contributed by atoms with Gasteiger partial charge >= 0.3 is 6.36 Å². The first kappa shape index (κ1) is 24.2. The number of alkyl halides is 3. The van der Waals surface area contributed by atoms with E-state index in [0.29, 0.717) is 11.5 Å². The number of halogens is 3. The Morgan fingerprint density at radius 1 is 0.912 bits per heavy atom. The standard InChI is InChI=1S/C30H31F3O/c1-2-3-4-5-6-9-24-16-20-28-26-11-8-7-10-23(26)15-21-29(28)27(24)19-14-22-12-17-25(18-13-22)34-30(31,32)33/h7-8,10-13,15,17-18,21,24,27H,2-6,9,16,20H2,1H3/t24-,27+/m1/s1. The Hall–Kier alpha value is -2.93. The van der Waals surface area contributed by atoms with Gasteiger partial charge in [0, 0.05) is 11.5 Å². The van der Waals surface area contributed by atoms with Crippen molar-refractivity contribution in [2.45, 2.75) is 70.6 Å². The fourth-order valence-corrected chi connectivity index (χ4v) is 5.09. The summed E-state index contributed by atoms with van der Waals surface area (Å²) >= 11 is 0. The van der Waals surface area contributed by atoms with Gasteiger partial charge in [-0.05, 0) is 71.3 Å². The van der Waals surface area contributed by atoms with Crippen LogP contribution in [0.4, 0.5) is 13.2 Å². The van der Waals surface area contributed by atoms with Gasteiger partial charge in [0.1, 0.15) is 5.75 Å². The number of hydrogen-bond donors (Lipinski definition) is 0. The van der Waals surface area contributed by atoms with Crippen molar-refractivity contribution in [1.82, 2.24) is 0 Å². The maximum Gasteiger partial charge on any atom is 0.573 e. The first-order valence-corrected chi connectivity index (χ1v) is 12.3. The molecule has 3 aromatic carbocycles. The molecule has 0 unspecified atom stereocenters. The van der Waals surface area contributed by atoms with Crippen LogP contribution in [0.1, 0.15) is 74.5 Å². The van der Waals surface area contributed by atoms with Crippen LogP contribution in [0.3, 0.4) is 0 Å². The van der Waals surface area contributed by atoms with Crippen LogP contribution in [0.5, 0.6) is 5.75 Å². The average molecular weight is 465 g/mol. The second-order valence-electron chi connectivity index (χ2n) is 9.18. The fourth-order valence-electron chi connectivity index (χ4n) is 5.09.